The first-order valence-electron chi connectivity index (χ1n) is 3.78. The van der Waals surface area contributed by atoms with Crippen molar-refractivity contribution < 1.29 is 12.8 Å². The van der Waals surface area contributed by atoms with Crippen LogP contribution < -0.4 is 4.72 Å². The normalized spacial score (nSPS) is 11.4. The van der Waals surface area contributed by atoms with Crippen molar-refractivity contribution >= 4 is 31.6 Å². The van der Waals surface area contributed by atoms with E-state index in [0.717, 1.165) is 0 Å². The molecular formula is C8H9BrFNO2S. The van der Waals surface area contributed by atoms with E-state index in [1.165, 1.54) is 12.1 Å². The first kappa shape index (κ1) is 11.5. The summed E-state index contributed by atoms with van der Waals surface area (Å²) in [4.78, 5) is 0. The minimum atomic E-state index is -3.49. The van der Waals surface area contributed by atoms with E-state index in [0.29, 0.717) is 5.56 Å². The highest BCUT2D eigenvalue weighted by atomic mass is 79.9. The van der Waals surface area contributed by atoms with Gasteiger partial charge in [0.05, 0.1) is 5.69 Å². The first-order chi connectivity index (χ1) is 6.46. The molecule has 0 fully saturated rings. The molecule has 78 valence electrons. The van der Waals surface area contributed by atoms with E-state index in [9.17, 15) is 12.8 Å². The fourth-order valence-electron chi connectivity index (χ4n) is 0.944. The molecule has 0 amide bonds. The summed E-state index contributed by atoms with van der Waals surface area (Å²) in [5, 5.41) is 0. The van der Waals surface area contributed by atoms with Gasteiger partial charge in [0.25, 0.3) is 0 Å². The molecule has 1 aromatic rings. The Labute approximate surface area is 90.5 Å². The monoisotopic (exact) mass is 281 g/mol. The van der Waals surface area contributed by atoms with Gasteiger partial charge in [-0.05, 0) is 18.6 Å². The Morgan fingerprint density at radius 3 is 2.64 bits per heavy atom. The van der Waals surface area contributed by atoms with Gasteiger partial charge in [-0.15, -0.1) is 0 Å². The van der Waals surface area contributed by atoms with E-state index < -0.39 is 15.8 Å². The Bertz CT molecular complexity index is 413. The van der Waals surface area contributed by atoms with Crippen LogP contribution >= 0.6 is 15.9 Å². The largest absolute Gasteiger partial charge is 0.280 e. The molecule has 0 radical (unpaired) electrons. The van der Waals surface area contributed by atoms with Gasteiger partial charge in [-0.25, -0.2) is 12.8 Å². The number of hydrogen-bond donors (Lipinski definition) is 1. The zero-order valence-corrected chi connectivity index (χ0v) is 9.82. The number of anilines is 1. The maximum Gasteiger partial charge on any atom is 0.242 e. The molecular weight excluding hydrogens is 273 g/mol. The summed E-state index contributed by atoms with van der Waals surface area (Å²) in [5.74, 6) is -0.575. The number of benzene rings is 1. The van der Waals surface area contributed by atoms with Crippen LogP contribution in [-0.4, -0.2) is 13.1 Å². The molecule has 0 aliphatic rings. The van der Waals surface area contributed by atoms with Gasteiger partial charge in [0.1, 0.15) is 10.5 Å². The molecule has 0 atom stereocenters. The van der Waals surface area contributed by atoms with E-state index in [1.54, 1.807) is 13.0 Å². The highest BCUT2D eigenvalue weighted by Gasteiger charge is 2.12. The molecule has 14 heavy (non-hydrogen) atoms. The Balaban J connectivity index is 3.09. The van der Waals surface area contributed by atoms with Crippen molar-refractivity contribution in [1.82, 2.24) is 0 Å². The fourth-order valence-corrected chi connectivity index (χ4v) is 1.91. The molecule has 0 saturated heterocycles. The minimum Gasteiger partial charge on any atom is -0.280 e. The predicted molar refractivity (Wildman–Crippen MR) is 57.5 cm³/mol. The van der Waals surface area contributed by atoms with Crippen molar-refractivity contribution in [3.05, 3.63) is 29.6 Å². The quantitative estimate of drug-likeness (QED) is 0.864. The summed E-state index contributed by atoms with van der Waals surface area (Å²) in [6.07, 6.45) is 0. The Hall–Kier alpha value is -0.620. The van der Waals surface area contributed by atoms with Gasteiger partial charge < -0.3 is 0 Å². The van der Waals surface area contributed by atoms with Crippen molar-refractivity contribution in [3.8, 4) is 0 Å². The van der Waals surface area contributed by atoms with E-state index in [1.807, 2.05) is 0 Å². The highest BCUT2D eigenvalue weighted by molar-refractivity contribution is 9.10. The number of rotatable bonds is 3. The smallest absolute Gasteiger partial charge is 0.242 e. The lowest BCUT2D eigenvalue weighted by atomic mass is 10.2. The molecule has 3 nitrogen and oxygen atoms in total. The summed E-state index contributed by atoms with van der Waals surface area (Å²) in [6, 6.07) is 4.37. The van der Waals surface area contributed by atoms with Crippen LogP contribution in [0.3, 0.4) is 0 Å². The van der Waals surface area contributed by atoms with Crippen molar-refractivity contribution in [2.45, 2.75) is 6.92 Å². The fraction of sp³-hybridized carbons (Fsp3) is 0.250. The van der Waals surface area contributed by atoms with Gasteiger partial charge in [-0.2, -0.15) is 0 Å². The van der Waals surface area contributed by atoms with Gasteiger partial charge in [0, 0.05) is 0 Å². The van der Waals surface area contributed by atoms with Crippen molar-refractivity contribution in [3.63, 3.8) is 0 Å². The molecule has 1 aromatic carbocycles. The molecule has 0 heterocycles. The first-order valence-corrected chi connectivity index (χ1v) is 6.55. The third kappa shape index (κ3) is 2.68. The topological polar surface area (TPSA) is 46.2 Å². The third-order valence-electron chi connectivity index (χ3n) is 1.62. The lowest BCUT2D eigenvalue weighted by Gasteiger charge is -2.08. The van der Waals surface area contributed by atoms with Crippen molar-refractivity contribution in [2.75, 3.05) is 9.38 Å². The Morgan fingerprint density at radius 1 is 1.50 bits per heavy atom. The van der Waals surface area contributed by atoms with E-state index in [4.69, 9.17) is 0 Å². The van der Waals surface area contributed by atoms with Crippen LogP contribution in [0.2, 0.25) is 0 Å². The summed E-state index contributed by atoms with van der Waals surface area (Å²) < 4.78 is 37.4. The summed E-state index contributed by atoms with van der Waals surface area (Å²) >= 11 is 2.80. The lowest BCUT2D eigenvalue weighted by Crippen LogP contribution is -2.15. The van der Waals surface area contributed by atoms with Gasteiger partial charge >= 0.3 is 0 Å². The van der Waals surface area contributed by atoms with Crippen LogP contribution in [0.15, 0.2) is 18.2 Å². The maximum absolute atomic E-state index is 13.2. The molecule has 0 saturated carbocycles. The average molecular weight is 282 g/mol. The van der Waals surface area contributed by atoms with E-state index >= 15 is 0 Å². The van der Waals surface area contributed by atoms with Crippen LogP contribution in [0, 0.1) is 12.7 Å². The molecule has 1 rings (SSSR count). The molecule has 1 N–H and O–H groups in total. The maximum atomic E-state index is 13.2. The summed E-state index contributed by atoms with van der Waals surface area (Å²) in [6.45, 7) is 1.63. The number of alkyl halides is 1. The molecule has 0 aromatic heterocycles. The zero-order valence-electron chi connectivity index (χ0n) is 7.42. The van der Waals surface area contributed by atoms with Crippen LogP contribution in [0.25, 0.3) is 0 Å². The lowest BCUT2D eigenvalue weighted by molar-refractivity contribution is 0.602. The van der Waals surface area contributed by atoms with Gasteiger partial charge in [0.2, 0.25) is 10.0 Å². The highest BCUT2D eigenvalue weighted by Crippen LogP contribution is 2.20. The average Bonchev–Trinajstić information content (AvgIpc) is 2.12. The van der Waals surface area contributed by atoms with Crippen LogP contribution in [0.4, 0.5) is 10.1 Å². The predicted octanol–water partition coefficient (Wildman–Crippen LogP) is 2.23. The second kappa shape index (κ2) is 4.27. The number of sulfonamides is 1. The van der Waals surface area contributed by atoms with Gasteiger partial charge in [0.15, 0.2) is 0 Å². The minimum absolute atomic E-state index is 0.00644. The Kier molecular flexibility index (Phi) is 3.49. The van der Waals surface area contributed by atoms with Crippen molar-refractivity contribution in [1.29, 1.82) is 0 Å². The van der Waals surface area contributed by atoms with Crippen LogP contribution in [0.1, 0.15) is 5.56 Å². The molecule has 0 aliphatic carbocycles. The second-order valence-corrected chi connectivity index (χ2v) is 5.78. The Morgan fingerprint density at radius 2 is 2.14 bits per heavy atom. The number of halogens is 2. The summed E-state index contributed by atoms with van der Waals surface area (Å²) in [5.41, 5.74) is 0.557. The molecule has 0 unspecified atom stereocenters. The second-order valence-electron chi connectivity index (χ2n) is 2.76. The van der Waals surface area contributed by atoms with Crippen molar-refractivity contribution in [2.24, 2.45) is 0 Å². The van der Waals surface area contributed by atoms with Gasteiger partial charge in [-0.1, -0.05) is 28.1 Å². The number of aryl methyl sites for hydroxylation is 1. The SMILES string of the molecule is Cc1cccc(F)c1NS(=O)(=O)CBr. The number of hydrogen-bond acceptors (Lipinski definition) is 2. The van der Waals surface area contributed by atoms with E-state index in [-0.39, 0.29) is 10.3 Å². The van der Waals surface area contributed by atoms with Gasteiger partial charge in [-0.3, -0.25) is 4.72 Å². The van der Waals surface area contributed by atoms with Crippen LogP contribution in [0.5, 0.6) is 0 Å². The van der Waals surface area contributed by atoms with Crippen LogP contribution in [-0.2, 0) is 10.0 Å². The molecule has 0 aliphatic heterocycles. The molecule has 0 spiro atoms. The third-order valence-corrected chi connectivity index (χ3v) is 4.23. The molecule has 0 bridgehead atoms. The molecule has 6 heteroatoms. The summed E-state index contributed by atoms with van der Waals surface area (Å²) in [7, 11) is -3.49. The van der Waals surface area contributed by atoms with E-state index in [2.05, 4.69) is 20.7 Å². The number of nitrogens with one attached hydrogen (secondary N) is 1. The number of para-hydroxylation sites is 1. The standard InChI is InChI=1S/C8H9BrFNO2S/c1-6-3-2-4-7(10)8(6)11-14(12,13)5-9/h2-4,11H,5H2,1H3. The zero-order chi connectivity index (χ0) is 10.8.